The van der Waals surface area contributed by atoms with Crippen molar-refractivity contribution in [2.45, 2.75) is 32.4 Å². The summed E-state index contributed by atoms with van der Waals surface area (Å²) < 4.78 is 5.55. The van der Waals surface area contributed by atoms with Gasteiger partial charge in [-0.05, 0) is 25.8 Å². The number of ether oxygens (including phenoxy) is 1. The number of aliphatic hydroxyl groups excluding tert-OH is 1. The maximum atomic E-state index is 8.76. The minimum absolute atomic E-state index is 0.0838. The number of aliphatic hydroxyl groups is 1. The third-order valence-electron chi connectivity index (χ3n) is 3.51. The molecule has 0 aromatic carbocycles. The number of nitrogens with zero attached hydrogens (tertiary/aromatic N) is 2. The molecule has 112 valence electrons. The normalized spacial score (nSPS) is 17.6. The number of halogens is 2. The first-order valence-electron chi connectivity index (χ1n) is 6.86. The van der Waals surface area contributed by atoms with Crippen LogP contribution in [0.15, 0.2) is 6.07 Å². The molecular formula is C14H20Cl2N2O2. The molecule has 0 unspecified atom stereocenters. The predicted octanol–water partition coefficient (Wildman–Crippen LogP) is 2.67. The molecule has 0 spiro atoms. The molecule has 1 aliphatic rings. The lowest BCUT2D eigenvalue weighted by Gasteiger charge is -2.32. The monoisotopic (exact) mass is 318 g/mol. The highest BCUT2D eigenvalue weighted by molar-refractivity contribution is 6.35. The lowest BCUT2D eigenvalue weighted by molar-refractivity contribution is -0.00901. The molecule has 1 N–H and O–H groups in total. The van der Waals surface area contributed by atoms with Crippen molar-refractivity contribution in [1.82, 2.24) is 9.88 Å². The van der Waals surface area contributed by atoms with Crippen LogP contribution in [0.1, 0.15) is 24.1 Å². The van der Waals surface area contributed by atoms with Crippen LogP contribution >= 0.6 is 23.2 Å². The Morgan fingerprint density at radius 3 is 2.70 bits per heavy atom. The summed E-state index contributed by atoms with van der Waals surface area (Å²) in [6, 6.07) is 1.85. The number of hydrogen-bond donors (Lipinski definition) is 1. The van der Waals surface area contributed by atoms with E-state index in [2.05, 4.69) is 9.88 Å². The van der Waals surface area contributed by atoms with Crippen molar-refractivity contribution in [3.63, 3.8) is 0 Å². The molecule has 1 fully saturated rings. The van der Waals surface area contributed by atoms with E-state index in [-0.39, 0.29) is 12.7 Å². The predicted molar refractivity (Wildman–Crippen MR) is 80.3 cm³/mol. The van der Waals surface area contributed by atoms with E-state index >= 15 is 0 Å². The number of aromatic nitrogens is 1. The highest BCUT2D eigenvalue weighted by Gasteiger charge is 2.21. The summed E-state index contributed by atoms with van der Waals surface area (Å²) >= 11 is 12.4. The van der Waals surface area contributed by atoms with Gasteiger partial charge in [-0.3, -0.25) is 4.90 Å². The Morgan fingerprint density at radius 2 is 2.10 bits per heavy atom. The van der Waals surface area contributed by atoms with Crippen molar-refractivity contribution in [2.75, 3.05) is 26.3 Å². The van der Waals surface area contributed by atoms with E-state index in [0.717, 1.165) is 43.7 Å². The topological polar surface area (TPSA) is 45.6 Å². The van der Waals surface area contributed by atoms with Gasteiger partial charge in [-0.25, -0.2) is 4.98 Å². The molecular weight excluding hydrogens is 299 g/mol. The molecule has 1 aromatic heterocycles. The fourth-order valence-corrected chi connectivity index (χ4v) is 3.09. The number of hydrogen-bond acceptors (Lipinski definition) is 4. The van der Waals surface area contributed by atoms with Crippen LogP contribution in [0.25, 0.3) is 0 Å². The van der Waals surface area contributed by atoms with Crippen LogP contribution in [0.2, 0.25) is 10.2 Å². The number of piperidine rings is 1. The highest BCUT2D eigenvalue weighted by atomic mass is 35.5. The van der Waals surface area contributed by atoms with Gasteiger partial charge in [0.1, 0.15) is 5.15 Å². The van der Waals surface area contributed by atoms with Crippen LogP contribution < -0.4 is 0 Å². The van der Waals surface area contributed by atoms with E-state index in [9.17, 15) is 0 Å². The van der Waals surface area contributed by atoms with Crippen LogP contribution in [0, 0.1) is 6.92 Å². The summed E-state index contributed by atoms with van der Waals surface area (Å²) in [7, 11) is 0. The second-order valence-corrected chi connectivity index (χ2v) is 5.85. The Kier molecular flexibility index (Phi) is 6.05. The van der Waals surface area contributed by atoms with E-state index in [0.29, 0.717) is 16.8 Å². The van der Waals surface area contributed by atoms with E-state index in [1.54, 1.807) is 0 Å². The van der Waals surface area contributed by atoms with Gasteiger partial charge in [-0.2, -0.15) is 0 Å². The Bertz CT molecular complexity index is 426. The molecule has 0 bridgehead atoms. The van der Waals surface area contributed by atoms with E-state index in [4.69, 9.17) is 33.0 Å². The quantitative estimate of drug-likeness (QED) is 0.848. The highest BCUT2D eigenvalue weighted by Crippen LogP contribution is 2.26. The van der Waals surface area contributed by atoms with Gasteiger partial charge >= 0.3 is 0 Å². The Morgan fingerprint density at radius 1 is 1.40 bits per heavy atom. The van der Waals surface area contributed by atoms with Gasteiger partial charge in [0.05, 0.1) is 19.3 Å². The van der Waals surface area contributed by atoms with E-state index < -0.39 is 0 Å². The maximum absolute atomic E-state index is 8.76. The van der Waals surface area contributed by atoms with Gasteiger partial charge in [0.25, 0.3) is 0 Å². The first-order valence-corrected chi connectivity index (χ1v) is 7.62. The number of aryl methyl sites for hydroxylation is 1. The standard InChI is InChI=1S/C14H20Cl2N2O2/c1-10-8-13(15)12(14(16)17-10)9-18-4-2-11(3-5-18)20-7-6-19/h8,11,19H,2-7,9H2,1H3. The molecule has 20 heavy (non-hydrogen) atoms. The van der Waals surface area contributed by atoms with Crippen LogP contribution in [0.5, 0.6) is 0 Å². The summed E-state index contributed by atoms with van der Waals surface area (Å²) in [5.41, 5.74) is 1.73. The molecule has 2 heterocycles. The summed E-state index contributed by atoms with van der Waals surface area (Å²) in [6.45, 7) is 4.99. The summed E-state index contributed by atoms with van der Waals surface area (Å²) in [5, 5.41) is 9.93. The molecule has 0 amide bonds. The third-order valence-corrected chi connectivity index (χ3v) is 4.16. The third kappa shape index (κ3) is 4.30. The minimum Gasteiger partial charge on any atom is -0.394 e. The zero-order valence-electron chi connectivity index (χ0n) is 11.6. The maximum Gasteiger partial charge on any atom is 0.135 e. The van der Waals surface area contributed by atoms with Gasteiger partial charge in [0, 0.05) is 35.9 Å². The number of likely N-dealkylation sites (tertiary alicyclic amines) is 1. The molecule has 1 aliphatic heterocycles. The molecule has 0 aliphatic carbocycles. The summed E-state index contributed by atoms with van der Waals surface area (Å²) in [5.74, 6) is 0. The second-order valence-electron chi connectivity index (χ2n) is 5.08. The van der Waals surface area contributed by atoms with E-state index in [1.165, 1.54) is 0 Å². The van der Waals surface area contributed by atoms with Crippen LogP contribution in [-0.2, 0) is 11.3 Å². The fraction of sp³-hybridized carbons (Fsp3) is 0.643. The first-order chi connectivity index (χ1) is 9.60. The summed E-state index contributed by atoms with van der Waals surface area (Å²) in [6.07, 6.45) is 2.18. The van der Waals surface area contributed by atoms with Crippen molar-refractivity contribution in [3.8, 4) is 0 Å². The summed E-state index contributed by atoms with van der Waals surface area (Å²) in [4.78, 5) is 6.57. The second kappa shape index (κ2) is 7.57. The molecule has 2 rings (SSSR count). The lowest BCUT2D eigenvalue weighted by atomic mass is 10.1. The Labute approximate surface area is 129 Å². The van der Waals surface area contributed by atoms with Crippen molar-refractivity contribution in [1.29, 1.82) is 0 Å². The zero-order valence-corrected chi connectivity index (χ0v) is 13.1. The Hall–Kier alpha value is -0.390. The molecule has 1 saturated heterocycles. The zero-order chi connectivity index (χ0) is 14.5. The largest absolute Gasteiger partial charge is 0.394 e. The Balaban J connectivity index is 1.90. The molecule has 0 atom stereocenters. The average molecular weight is 319 g/mol. The van der Waals surface area contributed by atoms with Gasteiger partial charge in [-0.1, -0.05) is 23.2 Å². The first kappa shape index (κ1) is 16.0. The lowest BCUT2D eigenvalue weighted by Crippen LogP contribution is -2.37. The molecule has 4 nitrogen and oxygen atoms in total. The molecule has 1 aromatic rings. The van der Waals surface area contributed by atoms with Crippen LogP contribution in [0.4, 0.5) is 0 Å². The SMILES string of the molecule is Cc1cc(Cl)c(CN2CCC(OCCO)CC2)c(Cl)n1. The molecule has 0 radical (unpaired) electrons. The minimum atomic E-state index is 0.0838. The van der Waals surface area contributed by atoms with Crippen molar-refractivity contribution < 1.29 is 9.84 Å². The van der Waals surface area contributed by atoms with Crippen molar-refractivity contribution >= 4 is 23.2 Å². The number of pyridine rings is 1. The van der Waals surface area contributed by atoms with Crippen LogP contribution in [0.3, 0.4) is 0 Å². The van der Waals surface area contributed by atoms with Gasteiger partial charge in [0.15, 0.2) is 0 Å². The van der Waals surface area contributed by atoms with Crippen molar-refractivity contribution in [3.05, 3.63) is 27.5 Å². The van der Waals surface area contributed by atoms with E-state index in [1.807, 2.05) is 13.0 Å². The average Bonchev–Trinajstić information content (AvgIpc) is 2.42. The molecule has 6 heteroatoms. The van der Waals surface area contributed by atoms with Crippen LogP contribution in [-0.4, -0.2) is 47.4 Å². The van der Waals surface area contributed by atoms with Gasteiger partial charge in [-0.15, -0.1) is 0 Å². The smallest absolute Gasteiger partial charge is 0.135 e. The van der Waals surface area contributed by atoms with Crippen molar-refractivity contribution in [2.24, 2.45) is 0 Å². The number of rotatable bonds is 5. The fourth-order valence-electron chi connectivity index (χ4n) is 2.44. The van der Waals surface area contributed by atoms with Gasteiger partial charge < -0.3 is 9.84 Å². The molecule has 0 saturated carbocycles. The van der Waals surface area contributed by atoms with Gasteiger partial charge in [0.2, 0.25) is 0 Å².